The first kappa shape index (κ1) is 21.0. The Bertz CT molecular complexity index is 990. The third-order valence-electron chi connectivity index (χ3n) is 7.50. The number of amides is 1. The molecule has 2 saturated heterocycles. The number of hydrogen-bond donors (Lipinski definition) is 0. The number of hydrogen-bond acceptors (Lipinski definition) is 5. The summed E-state index contributed by atoms with van der Waals surface area (Å²) in [6.45, 7) is 10.9. The van der Waals surface area contributed by atoms with Gasteiger partial charge in [-0.05, 0) is 64.0 Å². The molecule has 1 aromatic carbocycles. The summed E-state index contributed by atoms with van der Waals surface area (Å²) in [7, 11) is 0. The van der Waals surface area contributed by atoms with E-state index in [2.05, 4.69) is 44.0 Å². The summed E-state index contributed by atoms with van der Waals surface area (Å²) in [6, 6.07) is 6.46. The molecule has 1 aromatic heterocycles. The van der Waals surface area contributed by atoms with E-state index in [1.165, 1.54) is 11.1 Å². The summed E-state index contributed by atoms with van der Waals surface area (Å²) < 4.78 is 13.1. The van der Waals surface area contributed by atoms with Gasteiger partial charge in [0.2, 0.25) is 5.91 Å². The molecule has 2 atom stereocenters. The van der Waals surface area contributed by atoms with Gasteiger partial charge in [0.1, 0.15) is 11.4 Å². The highest BCUT2D eigenvalue weighted by Gasteiger charge is 2.52. The maximum atomic E-state index is 12.8. The number of rotatable bonds is 2. The van der Waals surface area contributed by atoms with Gasteiger partial charge in [-0.3, -0.25) is 4.79 Å². The zero-order valence-electron chi connectivity index (χ0n) is 18.9. The van der Waals surface area contributed by atoms with E-state index in [0.717, 1.165) is 55.4 Å². The zero-order valence-corrected chi connectivity index (χ0v) is 19.8. The second kappa shape index (κ2) is 7.59. The summed E-state index contributed by atoms with van der Waals surface area (Å²) in [5.41, 5.74) is 3.17. The summed E-state index contributed by atoms with van der Waals surface area (Å²) >= 11 is 1.61. The van der Waals surface area contributed by atoms with Gasteiger partial charge in [0.15, 0.2) is 0 Å². The Labute approximate surface area is 188 Å². The lowest BCUT2D eigenvalue weighted by molar-refractivity contribution is -0.176. The average molecular weight is 441 g/mol. The molecule has 1 amide bonds. The van der Waals surface area contributed by atoms with Gasteiger partial charge in [0.25, 0.3) is 0 Å². The van der Waals surface area contributed by atoms with Crippen molar-refractivity contribution in [2.45, 2.75) is 65.1 Å². The Kier molecular flexibility index (Phi) is 5.13. The molecule has 31 heavy (non-hydrogen) atoms. The number of aryl methyl sites for hydroxylation is 2. The van der Waals surface area contributed by atoms with E-state index in [1.54, 1.807) is 11.3 Å². The minimum atomic E-state index is -0.270. The largest absolute Gasteiger partial charge is 0.487 e. The van der Waals surface area contributed by atoms with Gasteiger partial charge < -0.3 is 14.4 Å². The number of nitrogens with zero attached hydrogens (tertiary/aromatic N) is 2. The first-order valence-electron chi connectivity index (χ1n) is 11.3. The van der Waals surface area contributed by atoms with Gasteiger partial charge in [-0.2, -0.15) is 0 Å². The lowest BCUT2D eigenvalue weighted by atomic mass is 9.64. The average Bonchev–Trinajstić information content (AvgIpc) is 3.13. The first-order valence-corrected chi connectivity index (χ1v) is 12.2. The maximum Gasteiger partial charge on any atom is 0.228 e. The maximum absolute atomic E-state index is 12.8. The highest BCUT2D eigenvalue weighted by atomic mass is 32.1. The van der Waals surface area contributed by atoms with E-state index in [-0.39, 0.29) is 23.0 Å². The minimum Gasteiger partial charge on any atom is -0.487 e. The second-order valence-corrected chi connectivity index (χ2v) is 11.3. The third-order valence-corrected chi connectivity index (χ3v) is 8.33. The molecule has 0 unspecified atom stereocenters. The van der Waals surface area contributed by atoms with Crippen LogP contribution >= 0.6 is 11.3 Å². The standard InChI is InChI=1S/C25H32N2O3S/c1-16-5-6-19-21(11-16)30-24(3,4)20-13-25(15-29-23(19)20)7-9-27(10-8-25)22(28)12-18-14-31-17(2)26-18/h5-6,11,14,20,23H,7-10,12-13,15H2,1-4H3/t20-,23+/m0/s1. The van der Waals surface area contributed by atoms with E-state index in [9.17, 15) is 4.79 Å². The lowest BCUT2D eigenvalue weighted by Crippen LogP contribution is -2.54. The van der Waals surface area contributed by atoms with Crippen LogP contribution in [0.2, 0.25) is 0 Å². The molecule has 0 bridgehead atoms. The number of aromatic nitrogens is 1. The number of carbonyl (C=O) groups is 1. The Morgan fingerprint density at radius 2 is 2.03 bits per heavy atom. The Balaban J connectivity index is 1.27. The fourth-order valence-electron chi connectivity index (χ4n) is 5.59. The number of carbonyl (C=O) groups excluding carboxylic acids is 1. The van der Waals surface area contributed by atoms with Crippen LogP contribution in [0.4, 0.5) is 0 Å². The van der Waals surface area contributed by atoms with Crippen molar-refractivity contribution in [1.82, 2.24) is 9.88 Å². The monoisotopic (exact) mass is 440 g/mol. The number of ether oxygens (including phenoxy) is 2. The molecular formula is C25H32N2O3S. The van der Waals surface area contributed by atoms with Crippen LogP contribution in [0.1, 0.15) is 61.0 Å². The van der Waals surface area contributed by atoms with Gasteiger partial charge in [-0.15, -0.1) is 11.3 Å². The second-order valence-electron chi connectivity index (χ2n) is 10.2. The molecule has 5 nitrogen and oxygen atoms in total. The predicted octanol–water partition coefficient (Wildman–Crippen LogP) is 4.86. The highest BCUT2D eigenvalue weighted by Crippen LogP contribution is 2.55. The molecule has 166 valence electrons. The minimum absolute atomic E-state index is 0.0949. The topological polar surface area (TPSA) is 51.7 Å². The van der Waals surface area contributed by atoms with E-state index in [0.29, 0.717) is 12.3 Å². The number of fused-ring (bicyclic) bond motifs is 3. The van der Waals surface area contributed by atoms with E-state index < -0.39 is 0 Å². The zero-order chi connectivity index (χ0) is 21.8. The van der Waals surface area contributed by atoms with Crippen molar-refractivity contribution < 1.29 is 14.3 Å². The summed E-state index contributed by atoms with van der Waals surface area (Å²) in [6.07, 6.45) is 3.59. The van der Waals surface area contributed by atoms with Crippen LogP contribution in [-0.2, 0) is 16.0 Å². The van der Waals surface area contributed by atoms with Crippen LogP contribution in [0.25, 0.3) is 0 Å². The molecule has 0 radical (unpaired) electrons. The molecule has 2 aromatic rings. The van der Waals surface area contributed by atoms with Crippen LogP contribution in [-0.4, -0.2) is 41.1 Å². The SMILES string of the molecule is Cc1ccc2c(c1)OC(C)(C)[C@H]1CC3(CCN(C(=O)Cc4csc(C)n4)CC3)CO[C@H]21. The predicted molar refractivity (Wildman–Crippen MR) is 121 cm³/mol. The Morgan fingerprint density at radius 1 is 1.26 bits per heavy atom. The van der Waals surface area contributed by atoms with Crippen molar-refractivity contribution in [3.63, 3.8) is 0 Å². The number of likely N-dealkylation sites (tertiary alicyclic amines) is 1. The van der Waals surface area contributed by atoms with Crippen molar-refractivity contribution >= 4 is 17.2 Å². The van der Waals surface area contributed by atoms with Crippen molar-refractivity contribution in [2.75, 3.05) is 19.7 Å². The smallest absolute Gasteiger partial charge is 0.228 e. The van der Waals surface area contributed by atoms with Crippen LogP contribution in [0, 0.1) is 25.2 Å². The number of thiazole rings is 1. The molecule has 2 fully saturated rings. The molecule has 3 aliphatic rings. The molecule has 6 heteroatoms. The van der Waals surface area contributed by atoms with E-state index in [1.807, 2.05) is 17.2 Å². The summed E-state index contributed by atoms with van der Waals surface area (Å²) in [5.74, 6) is 1.48. The van der Waals surface area contributed by atoms with Crippen LogP contribution in [0.15, 0.2) is 23.6 Å². The number of piperidine rings is 1. The molecular weight excluding hydrogens is 408 g/mol. The third kappa shape index (κ3) is 3.89. The molecule has 4 heterocycles. The molecule has 0 aliphatic carbocycles. The Hall–Kier alpha value is -1.92. The van der Waals surface area contributed by atoms with Crippen LogP contribution in [0.5, 0.6) is 5.75 Å². The fraction of sp³-hybridized carbons (Fsp3) is 0.600. The van der Waals surface area contributed by atoms with Crippen molar-refractivity contribution in [1.29, 1.82) is 0 Å². The van der Waals surface area contributed by atoms with Gasteiger partial charge in [0.05, 0.1) is 29.8 Å². The highest BCUT2D eigenvalue weighted by molar-refractivity contribution is 7.09. The van der Waals surface area contributed by atoms with E-state index in [4.69, 9.17) is 9.47 Å². The molecule has 3 aliphatic heterocycles. The van der Waals surface area contributed by atoms with Gasteiger partial charge in [0, 0.05) is 30.0 Å². The summed E-state index contributed by atoms with van der Waals surface area (Å²) in [4.78, 5) is 19.3. The molecule has 0 saturated carbocycles. The molecule has 1 spiro atoms. The van der Waals surface area contributed by atoms with Crippen LogP contribution < -0.4 is 4.74 Å². The summed E-state index contributed by atoms with van der Waals surface area (Å²) in [5, 5.41) is 3.02. The Morgan fingerprint density at radius 3 is 2.74 bits per heavy atom. The van der Waals surface area contributed by atoms with Crippen molar-refractivity contribution in [3.05, 3.63) is 45.4 Å². The van der Waals surface area contributed by atoms with Crippen LogP contribution in [0.3, 0.4) is 0 Å². The molecule has 5 rings (SSSR count). The normalized spacial score (nSPS) is 26.1. The molecule has 0 N–H and O–H groups in total. The van der Waals surface area contributed by atoms with Gasteiger partial charge in [-0.25, -0.2) is 4.98 Å². The first-order chi connectivity index (χ1) is 14.7. The lowest BCUT2D eigenvalue weighted by Gasteiger charge is -2.54. The van der Waals surface area contributed by atoms with Gasteiger partial charge >= 0.3 is 0 Å². The fourth-order valence-corrected chi connectivity index (χ4v) is 6.20. The van der Waals surface area contributed by atoms with Crippen molar-refractivity contribution in [3.8, 4) is 5.75 Å². The van der Waals surface area contributed by atoms with Crippen molar-refractivity contribution in [2.24, 2.45) is 11.3 Å². The van der Waals surface area contributed by atoms with E-state index >= 15 is 0 Å². The van der Waals surface area contributed by atoms with Gasteiger partial charge in [-0.1, -0.05) is 12.1 Å². The quantitative estimate of drug-likeness (QED) is 0.669. The number of benzene rings is 1.